The summed E-state index contributed by atoms with van der Waals surface area (Å²) in [6.45, 7) is 6.01. The second kappa shape index (κ2) is 9.65. The predicted octanol–water partition coefficient (Wildman–Crippen LogP) is 6.60. The van der Waals surface area contributed by atoms with Gasteiger partial charge in [-0.1, -0.05) is 42.0 Å². The summed E-state index contributed by atoms with van der Waals surface area (Å²) in [6, 6.07) is 14.5. The smallest absolute Gasteiger partial charge is 0.124 e. The van der Waals surface area contributed by atoms with E-state index in [1.54, 1.807) is 6.08 Å². The van der Waals surface area contributed by atoms with Gasteiger partial charge in [0, 0.05) is 41.1 Å². The molecule has 0 fully saturated rings. The first-order valence-corrected chi connectivity index (χ1v) is 12.2. The lowest BCUT2D eigenvalue weighted by Gasteiger charge is -2.12. The highest BCUT2D eigenvalue weighted by atomic mass is 35.5. The molecule has 0 amide bonds. The van der Waals surface area contributed by atoms with Crippen LogP contribution >= 0.6 is 23.8 Å². The number of halogens is 2. The molecule has 0 saturated carbocycles. The zero-order valence-electron chi connectivity index (χ0n) is 18.8. The molecule has 0 atom stereocenters. The fourth-order valence-electron chi connectivity index (χ4n) is 4.76. The fourth-order valence-corrected chi connectivity index (χ4v) is 5.17. The van der Waals surface area contributed by atoms with E-state index in [1.807, 2.05) is 36.4 Å². The minimum Gasteiger partial charge on any atom is -0.379 e. The van der Waals surface area contributed by atoms with Gasteiger partial charge >= 0.3 is 0 Å². The summed E-state index contributed by atoms with van der Waals surface area (Å²) in [5, 5.41) is 7.55. The number of benzene rings is 2. The zero-order chi connectivity index (χ0) is 23.7. The summed E-state index contributed by atoms with van der Waals surface area (Å²) in [6.07, 6.45) is 7.12. The van der Waals surface area contributed by atoms with Gasteiger partial charge in [0.1, 0.15) is 16.5 Å². The molecule has 0 aliphatic carbocycles. The highest BCUT2D eigenvalue weighted by Crippen LogP contribution is 2.38. The molecule has 0 saturated heterocycles. The SMILES string of the molecule is C=CCNC(=S)c1c(-c2ccc(F)cc2)c2c3n(c(CNc4ccc(Cl)cc4)cn13)CCCC2. The van der Waals surface area contributed by atoms with Crippen LogP contribution in [-0.2, 0) is 19.5 Å². The molecule has 2 N–H and O–H groups in total. The number of rotatable bonds is 7. The molecular formula is C27H26ClFN4S. The van der Waals surface area contributed by atoms with E-state index in [0.29, 0.717) is 18.1 Å². The number of imidazole rings is 1. The first-order valence-electron chi connectivity index (χ1n) is 11.5. The van der Waals surface area contributed by atoms with E-state index in [2.05, 4.69) is 32.4 Å². The molecule has 0 spiro atoms. The molecule has 2 aromatic carbocycles. The topological polar surface area (TPSA) is 33.4 Å². The van der Waals surface area contributed by atoms with Gasteiger partial charge in [0.25, 0.3) is 0 Å². The number of anilines is 1. The van der Waals surface area contributed by atoms with Crippen molar-refractivity contribution in [2.45, 2.75) is 32.4 Å². The van der Waals surface area contributed by atoms with E-state index in [0.717, 1.165) is 53.3 Å². The minimum atomic E-state index is -0.243. The molecule has 3 heterocycles. The van der Waals surface area contributed by atoms with E-state index in [9.17, 15) is 4.39 Å². The summed E-state index contributed by atoms with van der Waals surface area (Å²) in [4.78, 5) is 0.662. The lowest BCUT2D eigenvalue weighted by atomic mass is 9.98. The molecule has 0 bridgehead atoms. The second-order valence-corrected chi connectivity index (χ2v) is 9.34. The molecule has 1 aliphatic rings. The van der Waals surface area contributed by atoms with Gasteiger partial charge in [-0.05, 0) is 61.2 Å². The van der Waals surface area contributed by atoms with Crippen molar-refractivity contribution >= 4 is 40.1 Å². The monoisotopic (exact) mass is 492 g/mol. The Balaban J connectivity index is 1.64. The van der Waals surface area contributed by atoms with Crippen molar-refractivity contribution in [2.75, 3.05) is 11.9 Å². The summed E-state index contributed by atoms with van der Waals surface area (Å²) < 4.78 is 18.3. The van der Waals surface area contributed by atoms with Crippen molar-refractivity contribution in [1.29, 1.82) is 0 Å². The Labute approximate surface area is 209 Å². The predicted molar refractivity (Wildman–Crippen MR) is 142 cm³/mol. The third-order valence-electron chi connectivity index (χ3n) is 6.29. The van der Waals surface area contributed by atoms with Crippen molar-refractivity contribution in [1.82, 2.24) is 14.3 Å². The molecule has 7 heteroatoms. The van der Waals surface area contributed by atoms with Crippen molar-refractivity contribution in [3.8, 4) is 11.1 Å². The van der Waals surface area contributed by atoms with Crippen LogP contribution in [0.1, 0.15) is 29.8 Å². The Bertz CT molecular complexity index is 1350. The van der Waals surface area contributed by atoms with Gasteiger partial charge < -0.3 is 15.2 Å². The van der Waals surface area contributed by atoms with Crippen LogP contribution in [0.2, 0.25) is 5.02 Å². The summed E-state index contributed by atoms with van der Waals surface area (Å²) in [5.41, 5.74) is 7.65. The number of aryl methyl sites for hydroxylation is 2. The van der Waals surface area contributed by atoms with Crippen molar-refractivity contribution < 1.29 is 4.39 Å². The molecule has 5 rings (SSSR count). The Morgan fingerprint density at radius 3 is 2.62 bits per heavy atom. The maximum atomic E-state index is 13.7. The normalized spacial score (nSPS) is 13.0. The van der Waals surface area contributed by atoms with E-state index >= 15 is 0 Å². The number of thiocarbonyl (C=S) groups is 1. The zero-order valence-corrected chi connectivity index (χ0v) is 20.4. The van der Waals surface area contributed by atoms with Crippen LogP contribution in [0.5, 0.6) is 0 Å². The molecule has 2 aromatic heterocycles. The molecule has 174 valence electrons. The number of aromatic nitrogens is 2. The minimum absolute atomic E-state index is 0.243. The maximum Gasteiger partial charge on any atom is 0.124 e. The van der Waals surface area contributed by atoms with Crippen LogP contribution in [0.3, 0.4) is 0 Å². The van der Waals surface area contributed by atoms with Crippen molar-refractivity contribution in [3.63, 3.8) is 0 Å². The van der Waals surface area contributed by atoms with Gasteiger partial charge in [0.15, 0.2) is 0 Å². The van der Waals surface area contributed by atoms with Crippen molar-refractivity contribution in [3.05, 3.63) is 95.2 Å². The Morgan fingerprint density at radius 1 is 1.12 bits per heavy atom. The summed E-state index contributed by atoms with van der Waals surface area (Å²) in [5.74, 6) is -0.243. The van der Waals surface area contributed by atoms with Crippen LogP contribution < -0.4 is 10.6 Å². The van der Waals surface area contributed by atoms with E-state index in [-0.39, 0.29) is 5.82 Å². The number of nitrogens with one attached hydrogen (secondary N) is 2. The molecular weight excluding hydrogens is 467 g/mol. The standard InChI is InChI=1S/C27H26ClFN4S/c1-2-14-30-26(34)25-24(18-6-10-20(29)11-7-18)23-5-3-4-15-32-22(17-33(25)27(23)32)16-31-21-12-8-19(28)9-13-21/h2,6-13,17,31H,1,3-5,14-16H2,(H,30,34). The average molecular weight is 493 g/mol. The molecule has 0 radical (unpaired) electrons. The molecule has 34 heavy (non-hydrogen) atoms. The third kappa shape index (κ3) is 4.24. The lowest BCUT2D eigenvalue weighted by Crippen LogP contribution is -2.24. The van der Waals surface area contributed by atoms with E-state index < -0.39 is 0 Å². The Kier molecular flexibility index (Phi) is 6.44. The third-order valence-corrected chi connectivity index (χ3v) is 6.88. The summed E-state index contributed by atoms with van der Waals surface area (Å²) >= 11 is 11.9. The van der Waals surface area contributed by atoms with Crippen LogP contribution in [-0.4, -0.2) is 20.5 Å². The van der Waals surface area contributed by atoms with Gasteiger partial charge in [0.2, 0.25) is 0 Å². The largest absolute Gasteiger partial charge is 0.379 e. The average Bonchev–Trinajstić information content (AvgIpc) is 3.24. The molecule has 4 aromatic rings. The van der Waals surface area contributed by atoms with Gasteiger partial charge in [-0.25, -0.2) is 4.39 Å². The van der Waals surface area contributed by atoms with Crippen LogP contribution in [0.4, 0.5) is 10.1 Å². The molecule has 1 aliphatic heterocycles. The Hall–Kier alpha value is -3.09. The molecule has 0 unspecified atom stereocenters. The van der Waals surface area contributed by atoms with Crippen LogP contribution in [0, 0.1) is 5.82 Å². The highest BCUT2D eigenvalue weighted by Gasteiger charge is 2.27. The second-order valence-electron chi connectivity index (χ2n) is 8.49. The highest BCUT2D eigenvalue weighted by molar-refractivity contribution is 7.80. The van der Waals surface area contributed by atoms with Crippen molar-refractivity contribution in [2.24, 2.45) is 0 Å². The molecule has 4 nitrogen and oxygen atoms in total. The van der Waals surface area contributed by atoms with E-state index in [1.165, 1.54) is 29.0 Å². The van der Waals surface area contributed by atoms with Gasteiger partial charge in [-0.2, -0.15) is 0 Å². The van der Waals surface area contributed by atoms with Crippen LogP contribution in [0.15, 0.2) is 67.4 Å². The number of nitrogens with zero attached hydrogens (tertiary/aromatic N) is 2. The van der Waals surface area contributed by atoms with Gasteiger partial charge in [-0.3, -0.25) is 4.40 Å². The van der Waals surface area contributed by atoms with Gasteiger partial charge in [-0.15, -0.1) is 6.58 Å². The Morgan fingerprint density at radius 2 is 1.88 bits per heavy atom. The number of hydrogen-bond acceptors (Lipinski definition) is 2. The van der Waals surface area contributed by atoms with E-state index in [4.69, 9.17) is 23.8 Å². The first-order chi connectivity index (χ1) is 16.6. The maximum absolute atomic E-state index is 13.7. The lowest BCUT2D eigenvalue weighted by molar-refractivity contribution is 0.626. The van der Waals surface area contributed by atoms with Gasteiger partial charge in [0.05, 0.1) is 17.9 Å². The quantitative estimate of drug-likeness (QED) is 0.225. The fraction of sp³-hybridized carbons (Fsp3) is 0.222. The summed E-state index contributed by atoms with van der Waals surface area (Å²) in [7, 11) is 0. The number of hydrogen-bond donors (Lipinski definition) is 2. The first kappa shape index (κ1) is 22.7. The van der Waals surface area contributed by atoms with Crippen LogP contribution in [0.25, 0.3) is 16.8 Å².